The van der Waals surface area contributed by atoms with E-state index in [-0.39, 0.29) is 0 Å². The van der Waals surface area contributed by atoms with E-state index in [1.807, 2.05) is 30.3 Å². The van der Waals surface area contributed by atoms with Crippen LogP contribution in [-0.4, -0.2) is 25.0 Å². The minimum atomic E-state index is -3.85. The second-order valence-electron chi connectivity index (χ2n) is 6.92. The van der Waals surface area contributed by atoms with Crippen LogP contribution in [0.5, 0.6) is 0 Å². The van der Waals surface area contributed by atoms with E-state index in [1.165, 1.54) is 4.68 Å². The average molecular weight is 428 g/mol. The van der Waals surface area contributed by atoms with Crippen molar-refractivity contribution >= 4 is 21.6 Å². The van der Waals surface area contributed by atoms with Crippen LogP contribution in [0.1, 0.15) is 24.6 Å². The molecule has 0 aliphatic heterocycles. The Morgan fingerprint density at radius 1 is 1.33 bits per heavy atom. The van der Waals surface area contributed by atoms with Gasteiger partial charge in [-0.3, -0.25) is 9.67 Å². The summed E-state index contributed by atoms with van der Waals surface area (Å²) in [6.45, 7) is 2.11. The van der Waals surface area contributed by atoms with E-state index in [0.29, 0.717) is 12.2 Å². The molecule has 8 nitrogen and oxygen atoms in total. The maximum atomic E-state index is 14.1. The van der Waals surface area contributed by atoms with Crippen molar-refractivity contribution in [3.8, 4) is 11.1 Å². The lowest BCUT2D eigenvalue weighted by molar-refractivity contribution is 0.260. The summed E-state index contributed by atoms with van der Waals surface area (Å²) in [6.07, 6.45) is 5.27. The van der Waals surface area contributed by atoms with Crippen LogP contribution in [-0.2, 0) is 29.3 Å². The van der Waals surface area contributed by atoms with Gasteiger partial charge in [-0.15, -0.1) is 4.36 Å². The van der Waals surface area contributed by atoms with Gasteiger partial charge in [0.1, 0.15) is 0 Å². The standard InChI is InChI=1S/C20H21FN6O2S/c1-2-27-12-16(21)19(25-27)30(22,29)26-20(28)24-18-14-9-6-10-17(14)23-11-15(18)13-7-4-3-5-8-13/h3-5,7-8,11-12H,2,6,9-10H2,1H3,(H3,22,23,24,26,28,29)/t30-/m0/s1. The number of aryl methyl sites for hydroxylation is 2. The maximum Gasteiger partial charge on any atom is 0.354 e. The van der Waals surface area contributed by atoms with Gasteiger partial charge >= 0.3 is 6.03 Å². The van der Waals surface area contributed by atoms with Gasteiger partial charge in [-0.2, -0.15) is 5.10 Å². The van der Waals surface area contributed by atoms with Crippen LogP contribution in [0.15, 0.2) is 52.1 Å². The fourth-order valence-corrected chi connectivity index (χ4v) is 4.46. The van der Waals surface area contributed by atoms with Crippen LogP contribution in [0.2, 0.25) is 0 Å². The van der Waals surface area contributed by atoms with E-state index >= 15 is 0 Å². The number of amides is 2. The summed E-state index contributed by atoms with van der Waals surface area (Å²) in [5.74, 6) is -0.865. The third-order valence-corrected chi connectivity index (χ3v) is 6.20. The Hall–Kier alpha value is -3.11. The van der Waals surface area contributed by atoms with Gasteiger partial charge in [0.2, 0.25) is 5.03 Å². The summed E-state index contributed by atoms with van der Waals surface area (Å²) in [5, 5.41) is 11.7. The fourth-order valence-electron chi connectivity index (χ4n) is 3.52. The zero-order valence-electron chi connectivity index (χ0n) is 16.3. The van der Waals surface area contributed by atoms with Crippen LogP contribution in [0, 0.1) is 5.82 Å². The predicted molar refractivity (Wildman–Crippen MR) is 112 cm³/mol. The molecule has 0 bridgehead atoms. The van der Waals surface area contributed by atoms with Gasteiger partial charge in [-0.1, -0.05) is 30.3 Å². The van der Waals surface area contributed by atoms with Crippen molar-refractivity contribution in [1.29, 1.82) is 0 Å². The average Bonchev–Trinajstić information content (AvgIpc) is 3.35. The number of nitrogens with one attached hydrogen (secondary N) is 1. The number of hydrogen-bond acceptors (Lipinski definition) is 4. The molecule has 1 aliphatic rings. The Kier molecular flexibility index (Phi) is 5.35. The number of carbonyl (C=O) groups is 1. The van der Waals surface area contributed by atoms with Gasteiger partial charge in [0, 0.05) is 24.0 Å². The lowest BCUT2D eigenvalue weighted by atomic mass is 10.0. The van der Waals surface area contributed by atoms with E-state index in [4.69, 9.17) is 5.14 Å². The van der Waals surface area contributed by atoms with Crippen molar-refractivity contribution in [2.75, 3.05) is 5.32 Å². The van der Waals surface area contributed by atoms with Gasteiger partial charge in [0.15, 0.2) is 15.7 Å². The number of pyridine rings is 1. The predicted octanol–water partition coefficient (Wildman–Crippen LogP) is 3.53. The number of anilines is 1. The molecule has 0 radical (unpaired) electrons. The molecule has 2 aromatic heterocycles. The first-order chi connectivity index (χ1) is 14.4. The lowest BCUT2D eigenvalue weighted by Gasteiger charge is -2.14. The molecule has 3 N–H and O–H groups in total. The normalized spacial score (nSPS) is 14.8. The number of nitrogens with zero attached hydrogens (tertiary/aromatic N) is 4. The summed E-state index contributed by atoms with van der Waals surface area (Å²) >= 11 is 0. The summed E-state index contributed by atoms with van der Waals surface area (Å²) in [6, 6.07) is 8.56. The fraction of sp³-hybridized carbons (Fsp3) is 0.250. The Bertz CT molecular complexity index is 1230. The highest BCUT2D eigenvalue weighted by molar-refractivity contribution is 7.91. The SMILES string of the molecule is CCn1cc(F)c([S@@](N)(=O)=NC(=O)Nc2c(-c3ccccc3)cnc3c2CCC3)n1. The monoisotopic (exact) mass is 428 g/mol. The third-order valence-electron chi connectivity index (χ3n) is 4.93. The van der Waals surface area contributed by atoms with Gasteiger partial charge < -0.3 is 5.32 Å². The summed E-state index contributed by atoms with van der Waals surface area (Å²) in [4.78, 5) is 17.2. The van der Waals surface area contributed by atoms with Crippen LogP contribution >= 0.6 is 0 Å². The van der Waals surface area contributed by atoms with Crippen LogP contribution in [0.4, 0.5) is 14.9 Å². The minimum Gasteiger partial charge on any atom is -0.305 e. The van der Waals surface area contributed by atoms with Gasteiger partial charge in [-0.25, -0.2) is 18.5 Å². The number of aromatic nitrogens is 3. The molecule has 10 heteroatoms. The van der Waals surface area contributed by atoms with E-state index in [0.717, 1.165) is 47.8 Å². The van der Waals surface area contributed by atoms with E-state index < -0.39 is 26.8 Å². The molecule has 2 amide bonds. The smallest absolute Gasteiger partial charge is 0.305 e. The number of halogens is 1. The number of nitrogens with two attached hydrogens (primary N) is 1. The van der Waals surface area contributed by atoms with Crippen molar-refractivity contribution in [3.63, 3.8) is 0 Å². The molecular weight excluding hydrogens is 407 g/mol. The molecule has 0 spiro atoms. The minimum absolute atomic E-state index is 0.363. The highest BCUT2D eigenvalue weighted by Gasteiger charge is 2.24. The molecule has 1 aliphatic carbocycles. The summed E-state index contributed by atoms with van der Waals surface area (Å²) < 4.78 is 31.6. The topological polar surface area (TPSA) is 115 Å². The number of fused-ring (bicyclic) bond motifs is 1. The molecule has 0 unspecified atom stereocenters. The van der Waals surface area contributed by atoms with Crippen molar-refractivity contribution in [2.45, 2.75) is 37.8 Å². The Morgan fingerprint density at radius 3 is 2.80 bits per heavy atom. The highest BCUT2D eigenvalue weighted by atomic mass is 32.2. The zero-order chi connectivity index (χ0) is 21.3. The quantitative estimate of drug-likeness (QED) is 0.661. The summed E-state index contributed by atoms with van der Waals surface area (Å²) in [5.41, 5.74) is 3.99. The molecule has 3 aromatic rings. The van der Waals surface area contributed by atoms with Crippen LogP contribution in [0.25, 0.3) is 11.1 Å². The van der Waals surface area contributed by atoms with Crippen molar-refractivity contribution < 1.29 is 13.4 Å². The molecule has 1 aromatic carbocycles. The van der Waals surface area contributed by atoms with Crippen molar-refractivity contribution in [1.82, 2.24) is 14.8 Å². The summed E-state index contributed by atoms with van der Waals surface area (Å²) in [7, 11) is -3.85. The van der Waals surface area contributed by atoms with Gasteiger partial charge in [0.25, 0.3) is 0 Å². The largest absolute Gasteiger partial charge is 0.354 e. The molecule has 2 heterocycles. The van der Waals surface area contributed by atoms with Gasteiger partial charge in [0.05, 0.1) is 11.9 Å². The molecule has 0 saturated carbocycles. The number of benzene rings is 1. The van der Waals surface area contributed by atoms with E-state index in [9.17, 15) is 13.4 Å². The second-order valence-corrected chi connectivity index (χ2v) is 8.63. The Morgan fingerprint density at radius 2 is 2.10 bits per heavy atom. The van der Waals surface area contributed by atoms with Crippen molar-refractivity contribution in [2.24, 2.45) is 9.50 Å². The number of urea groups is 1. The first kappa shape index (κ1) is 20.2. The molecule has 156 valence electrons. The third kappa shape index (κ3) is 3.83. The van der Waals surface area contributed by atoms with E-state index in [1.54, 1.807) is 13.1 Å². The molecule has 0 fully saturated rings. The molecule has 0 saturated heterocycles. The van der Waals surface area contributed by atoms with Crippen LogP contribution in [0.3, 0.4) is 0 Å². The van der Waals surface area contributed by atoms with Crippen molar-refractivity contribution in [3.05, 3.63) is 59.8 Å². The zero-order valence-corrected chi connectivity index (χ0v) is 17.2. The van der Waals surface area contributed by atoms with Gasteiger partial charge in [-0.05, 0) is 37.3 Å². The highest BCUT2D eigenvalue weighted by Crippen LogP contribution is 2.36. The Balaban J connectivity index is 1.73. The first-order valence-corrected chi connectivity index (χ1v) is 11.1. The van der Waals surface area contributed by atoms with Crippen LogP contribution < -0.4 is 10.5 Å². The number of rotatable bonds is 4. The first-order valence-electron chi connectivity index (χ1n) is 9.54. The second kappa shape index (κ2) is 7.96. The molecule has 4 rings (SSSR count). The maximum absolute atomic E-state index is 14.1. The Labute approximate surface area is 173 Å². The van der Waals surface area contributed by atoms with E-state index in [2.05, 4.69) is 19.8 Å². The molecule has 1 atom stereocenters. The molecular formula is C20H21FN6O2S. The number of hydrogen-bond donors (Lipinski definition) is 2. The number of carbonyl (C=O) groups excluding carboxylic acids is 1. The lowest BCUT2D eigenvalue weighted by Crippen LogP contribution is -2.20. The molecule has 30 heavy (non-hydrogen) atoms.